The van der Waals surface area contributed by atoms with E-state index in [4.69, 9.17) is 5.73 Å². The van der Waals surface area contributed by atoms with E-state index in [0.29, 0.717) is 0 Å². The first-order chi connectivity index (χ1) is 9.52. The summed E-state index contributed by atoms with van der Waals surface area (Å²) in [6.45, 7) is 2.25. The summed E-state index contributed by atoms with van der Waals surface area (Å²) in [4.78, 5) is 0. The van der Waals surface area contributed by atoms with Crippen LogP contribution in [0.3, 0.4) is 0 Å². The lowest BCUT2D eigenvalue weighted by atomic mass is 9.73. The van der Waals surface area contributed by atoms with Crippen molar-refractivity contribution in [3.63, 3.8) is 0 Å². The summed E-state index contributed by atoms with van der Waals surface area (Å²) in [5.74, 6) is 0.672. The third kappa shape index (κ3) is 4.29. The molecular formula is C17H25BrFN. The van der Waals surface area contributed by atoms with E-state index in [9.17, 15) is 4.39 Å². The molecule has 0 spiro atoms. The SMILES string of the molecule is CCCCC1CCC(N)(Cc2cc(F)ccc2Br)CC1. The summed E-state index contributed by atoms with van der Waals surface area (Å²) in [5, 5.41) is 0. The minimum atomic E-state index is -0.177. The smallest absolute Gasteiger partial charge is 0.123 e. The van der Waals surface area contributed by atoms with Crippen molar-refractivity contribution in [3.8, 4) is 0 Å². The lowest BCUT2D eigenvalue weighted by Gasteiger charge is -2.37. The van der Waals surface area contributed by atoms with Gasteiger partial charge in [0.05, 0.1) is 0 Å². The predicted molar refractivity (Wildman–Crippen MR) is 86.2 cm³/mol. The second-order valence-corrected chi connectivity index (χ2v) is 7.21. The first-order valence-electron chi connectivity index (χ1n) is 7.75. The van der Waals surface area contributed by atoms with E-state index < -0.39 is 0 Å². The van der Waals surface area contributed by atoms with E-state index in [1.165, 1.54) is 38.2 Å². The number of nitrogens with two attached hydrogens (primary N) is 1. The molecule has 0 saturated heterocycles. The molecule has 0 aromatic heterocycles. The van der Waals surface area contributed by atoms with Gasteiger partial charge in [-0.1, -0.05) is 42.1 Å². The molecule has 1 aliphatic rings. The molecule has 1 aromatic carbocycles. The van der Waals surface area contributed by atoms with Crippen molar-refractivity contribution in [2.75, 3.05) is 0 Å². The zero-order valence-corrected chi connectivity index (χ0v) is 13.9. The maximum Gasteiger partial charge on any atom is 0.123 e. The Morgan fingerprint density at radius 3 is 2.70 bits per heavy atom. The molecule has 20 heavy (non-hydrogen) atoms. The van der Waals surface area contributed by atoms with Crippen molar-refractivity contribution in [3.05, 3.63) is 34.1 Å². The molecule has 2 rings (SSSR count). The molecule has 0 atom stereocenters. The number of hydrogen-bond donors (Lipinski definition) is 1. The number of hydrogen-bond acceptors (Lipinski definition) is 1. The number of rotatable bonds is 5. The van der Waals surface area contributed by atoms with Crippen molar-refractivity contribution < 1.29 is 4.39 Å². The maximum atomic E-state index is 13.4. The molecule has 0 amide bonds. The Balaban J connectivity index is 1.94. The van der Waals surface area contributed by atoms with Crippen LogP contribution in [0.4, 0.5) is 4.39 Å². The maximum absolute atomic E-state index is 13.4. The van der Waals surface area contributed by atoms with Gasteiger partial charge in [0.1, 0.15) is 5.82 Å². The Kier molecular flexibility index (Phi) is 5.62. The molecular weight excluding hydrogens is 317 g/mol. The third-order valence-corrected chi connectivity index (χ3v) is 5.39. The lowest BCUT2D eigenvalue weighted by Crippen LogP contribution is -2.45. The van der Waals surface area contributed by atoms with E-state index in [0.717, 1.165) is 35.2 Å². The zero-order chi connectivity index (χ0) is 14.6. The lowest BCUT2D eigenvalue weighted by molar-refractivity contribution is 0.221. The van der Waals surface area contributed by atoms with Crippen LogP contribution in [0, 0.1) is 11.7 Å². The zero-order valence-electron chi connectivity index (χ0n) is 12.3. The van der Waals surface area contributed by atoms with Gasteiger partial charge in [-0.25, -0.2) is 4.39 Å². The van der Waals surface area contributed by atoms with Gasteiger partial charge in [-0.3, -0.25) is 0 Å². The summed E-state index contributed by atoms with van der Waals surface area (Å²) in [5.41, 5.74) is 7.40. The van der Waals surface area contributed by atoms with Crippen molar-refractivity contribution >= 4 is 15.9 Å². The summed E-state index contributed by atoms with van der Waals surface area (Å²) < 4.78 is 14.3. The second kappa shape index (κ2) is 7.04. The average Bonchev–Trinajstić information content (AvgIpc) is 2.42. The normalized spacial score (nSPS) is 26.7. The van der Waals surface area contributed by atoms with Gasteiger partial charge >= 0.3 is 0 Å². The van der Waals surface area contributed by atoms with E-state index in [-0.39, 0.29) is 11.4 Å². The third-order valence-electron chi connectivity index (χ3n) is 4.62. The molecule has 3 heteroatoms. The standard InChI is InChI=1S/C17H25BrFN/c1-2-3-4-13-7-9-17(20,10-8-13)12-14-11-15(19)5-6-16(14)18/h5-6,11,13H,2-4,7-10,12,20H2,1H3. The van der Waals surface area contributed by atoms with E-state index >= 15 is 0 Å². The topological polar surface area (TPSA) is 26.0 Å². The molecule has 112 valence electrons. The highest BCUT2D eigenvalue weighted by Crippen LogP contribution is 2.36. The van der Waals surface area contributed by atoms with E-state index in [1.54, 1.807) is 12.1 Å². The molecule has 0 aliphatic heterocycles. The van der Waals surface area contributed by atoms with Crippen LogP contribution in [-0.4, -0.2) is 5.54 Å². The van der Waals surface area contributed by atoms with Crippen molar-refractivity contribution in [1.29, 1.82) is 0 Å². The van der Waals surface area contributed by atoms with Gasteiger partial charge in [-0.2, -0.15) is 0 Å². The van der Waals surface area contributed by atoms with Crippen LogP contribution in [0.15, 0.2) is 22.7 Å². The minimum Gasteiger partial charge on any atom is -0.325 e. The summed E-state index contributed by atoms with van der Waals surface area (Å²) >= 11 is 3.51. The molecule has 1 aromatic rings. The van der Waals surface area contributed by atoms with Crippen molar-refractivity contribution in [2.45, 2.75) is 63.8 Å². The Labute approximate surface area is 130 Å². The van der Waals surface area contributed by atoms with Gasteiger partial charge in [0.2, 0.25) is 0 Å². The summed E-state index contributed by atoms with van der Waals surface area (Å²) in [7, 11) is 0. The van der Waals surface area contributed by atoms with Gasteiger partial charge in [0.25, 0.3) is 0 Å². The monoisotopic (exact) mass is 341 g/mol. The molecule has 0 bridgehead atoms. The first kappa shape index (κ1) is 16.0. The Hall–Kier alpha value is -0.410. The van der Waals surface area contributed by atoms with Gasteiger partial charge in [0.15, 0.2) is 0 Å². The molecule has 0 unspecified atom stereocenters. The van der Waals surface area contributed by atoms with Gasteiger partial charge in [-0.05, 0) is 61.8 Å². The van der Waals surface area contributed by atoms with Crippen LogP contribution in [0.1, 0.15) is 57.4 Å². The Morgan fingerprint density at radius 2 is 2.05 bits per heavy atom. The van der Waals surface area contributed by atoms with Crippen LogP contribution in [0.25, 0.3) is 0 Å². The molecule has 1 fully saturated rings. The van der Waals surface area contributed by atoms with Crippen LogP contribution in [0.5, 0.6) is 0 Å². The fourth-order valence-corrected chi connectivity index (χ4v) is 3.66. The predicted octanol–water partition coefficient (Wildman–Crippen LogP) is 5.21. The quantitative estimate of drug-likeness (QED) is 0.781. The van der Waals surface area contributed by atoms with Gasteiger partial charge in [0, 0.05) is 10.0 Å². The van der Waals surface area contributed by atoms with Crippen molar-refractivity contribution in [2.24, 2.45) is 11.7 Å². The van der Waals surface area contributed by atoms with Crippen LogP contribution in [0.2, 0.25) is 0 Å². The Morgan fingerprint density at radius 1 is 1.35 bits per heavy atom. The number of benzene rings is 1. The van der Waals surface area contributed by atoms with Crippen LogP contribution >= 0.6 is 15.9 Å². The molecule has 1 nitrogen and oxygen atoms in total. The Bertz CT molecular complexity index is 439. The van der Waals surface area contributed by atoms with Gasteiger partial charge < -0.3 is 5.73 Å². The second-order valence-electron chi connectivity index (χ2n) is 6.36. The highest BCUT2D eigenvalue weighted by Gasteiger charge is 2.32. The molecule has 2 N–H and O–H groups in total. The number of halogens is 2. The summed E-state index contributed by atoms with van der Waals surface area (Å²) in [6.07, 6.45) is 9.29. The van der Waals surface area contributed by atoms with Crippen LogP contribution in [-0.2, 0) is 6.42 Å². The highest BCUT2D eigenvalue weighted by atomic mass is 79.9. The fraction of sp³-hybridized carbons (Fsp3) is 0.647. The molecule has 0 heterocycles. The average molecular weight is 342 g/mol. The largest absolute Gasteiger partial charge is 0.325 e. The highest BCUT2D eigenvalue weighted by molar-refractivity contribution is 9.10. The van der Waals surface area contributed by atoms with Crippen molar-refractivity contribution in [1.82, 2.24) is 0 Å². The van der Waals surface area contributed by atoms with E-state index in [1.807, 2.05) is 0 Å². The first-order valence-corrected chi connectivity index (χ1v) is 8.54. The van der Waals surface area contributed by atoms with Crippen LogP contribution < -0.4 is 5.73 Å². The fourth-order valence-electron chi connectivity index (χ4n) is 3.27. The minimum absolute atomic E-state index is 0.154. The molecule has 1 saturated carbocycles. The molecule has 1 aliphatic carbocycles. The van der Waals surface area contributed by atoms with E-state index in [2.05, 4.69) is 22.9 Å². The summed E-state index contributed by atoms with van der Waals surface area (Å²) in [6, 6.07) is 4.88. The molecule has 0 radical (unpaired) electrons. The number of unbranched alkanes of at least 4 members (excludes halogenated alkanes) is 1. The van der Waals surface area contributed by atoms with Gasteiger partial charge in [-0.15, -0.1) is 0 Å².